The van der Waals surface area contributed by atoms with Crippen molar-refractivity contribution in [3.63, 3.8) is 0 Å². The first-order valence-corrected chi connectivity index (χ1v) is 4.81. The molecule has 2 rings (SSSR count). The van der Waals surface area contributed by atoms with Gasteiger partial charge in [0.2, 0.25) is 0 Å². The molecule has 0 bridgehead atoms. The Hall–Kier alpha value is -1.14. The third-order valence-corrected chi connectivity index (χ3v) is 2.70. The van der Waals surface area contributed by atoms with Crippen molar-refractivity contribution in [3.05, 3.63) is 12.1 Å². The van der Waals surface area contributed by atoms with Gasteiger partial charge in [0.05, 0.1) is 11.4 Å². The average Bonchev–Trinajstić information content (AvgIpc) is 2.10. The zero-order chi connectivity index (χ0) is 12.1. The maximum atomic E-state index is 13.4. The van der Waals surface area contributed by atoms with Gasteiger partial charge in [-0.3, -0.25) is 0 Å². The van der Waals surface area contributed by atoms with Gasteiger partial charge < -0.3 is 20.9 Å². The molecule has 0 radical (unpaired) electrons. The lowest BCUT2D eigenvalue weighted by molar-refractivity contribution is -0.180. The van der Waals surface area contributed by atoms with Crippen molar-refractivity contribution in [2.24, 2.45) is 0 Å². The van der Waals surface area contributed by atoms with Gasteiger partial charge in [-0.1, -0.05) is 0 Å². The van der Waals surface area contributed by atoms with E-state index in [2.05, 4.69) is 9.47 Å². The first kappa shape index (κ1) is 11.3. The fourth-order valence-corrected chi connectivity index (χ4v) is 1.39. The molecule has 2 unspecified atom stereocenters. The number of anilines is 2. The predicted molar refractivity (Wildman–Crippen MR) is 55.9 cm³/mol. The van der Waals surface area contributed by atoms with Crippen LogP contribution >= 0.6 is 23.2 Å². The molecule has 0 fully saturated rings. The van der Waals surface area contributed by atoms with E-state index in [4.69, 9.17) is 34.7 Å². The number of benzene rings is 1. The van der Waals surface area contributed by atoms with E-state index in [1.54, 1.807) is 0 Å². The summed E-state index contributed by atoms with van der Waals surface area (Å²) in [4.78, 5) is 0. The molecule has 0 amide bonds. The van der Waals surface area contributed by atoms with Crippen LogP contribution in [-0.4, -0.2) is 10.6 Å². The number of alkyl halides is 4. The van der Waals surface area contributed by atoms with E-state index >= 15 is 0 Å². The van der Waals surface area contributed by atoms with Crippen LogP contribution in [0.1, 0.15) is 0 Å². The molecule has 1 heterocycles. The van der Waals surface area contributed by atoms with Crippen LogP contribution in [0.4, 0.5) is 20.2 Å². The number of halogens is 4. The number of nitrogens with two attached hydrogens (primary N) is 2. The monoisotopic (exact) mass is 270 g/mol. The zero-order valence-corrected chi connectivity index (χ0v) is 9.15. The van der Waals surface area contributed by atoms with Crippen molar-refractivity contribution in [1.29, 1.82) is 0 Å². The molecule has 0 aromatic heterocycles. The lowest BCUT2D eigenvalue weighted by Crippen LogP contribution is -2.50. The number of nitrogen functional groups attached to an aromatic ring is 2. The number of hydrogen-bond donors (Lipinski definition) is 2. The van der Waals surface area contributed by atoms with Crippen molar-refractivity contribution in [3.8, 4) is 11.5 Å². The summed E-state index contributed by atoms with van der Waals surface area (Å²) in [6, 6.07) is 2.32. The van der Waals surface area contributed by atoms with Crippen molar-refractivity contribution >= 4 is 34.6 Å². The highest BCUT2D eigenvalue weighted by atomic mass is 35.5. The second kappa shape index (κ2) is 3.18. The van der Waals surface area contributed by atoms with Gasteiger partial charge in [0, 0.05) is 12.1 Å². The van der Waals surface area contributed by atoms with Crippen LogP contribution in [0.2, 0.25) is 0 Å². The Morgan fingerprint density at radius 1 is 0.938 bits per heavy atom. The minimum absolute atomic E-state index is 0.121. The lowest BCUT2D eigenvalue weighted by atomic mass is 10.2. The third-order valence-electron chi connectivity index (χ3n) is 1.96. The van der Waals surface area contributed by atoms with Crippen molar-refractivity contribution in [2.45, 2.75) is 10.6 Å². The molecule has 4 N–H and O–H groups in total. The molecule has 16 heavy (non-hydrogen) atoms. The summed E-state index contributed by atoms with van der Waals surface area (Å²) in [5.41, 5.74) is 11.1. The molecule has 1 aliphatic rings. The van der Waals surface area contributed by atoms with Gasteiger partial charge in [-0.25, -0.2) is 0 Å². The van der Waals surface area contributed by atoms with Gasteiger partial charge in [-0.2, -0.15) is 8.78 Å². The predicted octanol–water partition coefficient (Wildman–Crippen LogP) is 2.35. The highest BCUT2D eigenvalue weighted by Crippen LogP contribution is 2.50. The van der Waals surface area contributed by atoms with Crippen LogP contribution < -0.4 is 20.9 Å². The van der Waals surface area contributed by atoms with Crippen molar-refractivity contribution < 1.29 is 18.3 Å². The summed E-state index contributed by atoms with van der Waals surface area (Å²) in [7, 11) is 0. The highest BCUT2D eigenvalue weighted by Gasteiger charge is 2.60. The minimum atomic E-state index is -3.34. The molecule has 0 saturated carbocycles. The molecule has 0 aliphatic carbocycles. The first-order chi connectivity index (χ1) is 7.23. The van der Waals surface area contributed by atoms with Crippen LogP contribution in [0, 0.1) is 0 Å². The van der Waals surface area contributed by atoms with Crippen LogP contribution in [-0.2, 0) is 0 Å². The molecule has 0 spiro atoms. The summed E-state index contributed by atoms with van der Waals surface area (Å²) >= 11 is 10.2. The van der Waals surface area contributed by atoms with E-state index in [1.807, 2.05) is 0 Å². The van der Waals surface area contributed by atoms with Gasteiger partial charge in [0.15, 0.2) is 11.5 Å². The first-order valence-electron chi connectivity index (χ1n) is 4.05. The van der Waals surface area contributed by atoms with E-state index in [0.29, 0.717) is 0 Å². The summed E-state index contributed by atoms with van der Waals surface area (Å²) in [6.07, 6.45) is 0. The van der Waals surface area contributed by atoms with Crippen molar-refractivity contribution in [1.82, 2.24) is 0 Å². The molecule has 0 saturated heterocycles. The second-order valence-corrected chi connectivity index (χ2v) is 4.14. The summed E-state index contributed by atoms with van der Waals surface area (Å²) < 4.78 is 35.8. The van der Waals surface area contributed by atoms with Gasteiger partial charge in [0.1, 0.15) is 0 Å². The molecular formula is C8H6Cl2F2N2O2. The topological polar surface area (TPSA) is 70.5 Å². The molecule has 88 valence electrons. The van der Waals surface area contributed by atoms with E-state index in [-0.39, 0.29) is 22.9 Å². The quantitative estimate of drug-likeness (QED) is 0.561. The highest BCUT2D eigenvalue weighted by molar-refractivity contribution is 6.32. The molecule has 1 aliphatic heterocycles. The van der Waals surface area contributed by atoms with Gasteiger partial charge >= 0.3 is 10.6 Å². The Labute approximate surface area is 99.0 Å². The van der Waals surface area contributed by atoms with Crippen LogP contribution in [0.5, 0.6) is 11.5 Å². The molecule has 8 heteroatoms. The smallest absolute Gasteiger partial charge is 0.414 e. The maximum absolute atomic E-state index is 13.4. The Kier molecular flexibility index (Phi) is 2.25. The fraction of sp³-hybridized carbons (Fsp3) is 0.250. The number of rotatable bonds is 0. The average molecular weight is 271 g/mol. The largest absolute Gasteiger partial charge is 0.435 e. The van der Waals surface area contributed by atoms with Crippen molar-refractivity contribution in [2.75, 3.05) is 11.5 Å². The molecule has 1 aromatic rings. The van der Waals surface area contributed by atoms with Gasteiger partial charge in [-0.15, -0.1) is 0 Å². The molecule has 2 atom stereocenters. The summed E-state index contributed by atoms with van der Waals surface area (Å²) in [5.74, 6) is -0.365. The van der Waals surface area contributed by atoms with Gasteiger partial charge in [0.25, 0.3) is 0 Å². The SMILES string of the molecule is Nc1cc2c(cc1N)OC(F)(Cl)C(F)(Cl)O2. The number of hydrogen-bond acceptors (Lipinski definition) is 4. The molecular weight excluding hydrogens is 265 g/mol. The molecule has 4 nitrogen and oxygen atoms in total. The van der Waals surface area contributed by atoms with E-state index in [9.17, 15) is 8.78 Å². The fourth-order valence-electron chi connectivity index (χ4n) is 1.15. The van der Waals surface area contributed by atoms with Crippen LogP contribution in [0.25, 0.3) is 0 Å². The zero-order valence-electron chi connectivity index (χ0n) is 7.64. The van der Waals surface area contributed by atoms with Crippen LogP contribution in [0.3, 0.4) is 0 Å². The Morgan fingerprint density at radius 3 is 1.56 bits per heavy atom. The number of fused-ring (bicyclic) bond motifs is 1. The van der Waals surface area contributed by atoms with Gasteiger partial charge in [-0.05, 0) is 23.2 Å². The third kappa shape index (κ3) is 1.58. The van der Waals surface area contributed by atoms with Crippen LogP contribution in [0.15, 0.2) is 12.1 Å². The lowest BCUT2D eigenvalue weighted by Gasteiger charge is -2.34. The van der Waals surface area contributed by atoms with E-state index in [0.717, 1.165) is 12.1 Å². The Bertz CT molecular complexity index is 413. The maximum Gasteiger partial charge on any atom is 0.414 e. The minimum Gasteiger partial charge on any atom is -0.435 e. The summed E-state index contributed by atoms with van der Waals surface area (Å²) in [6.45, 7) is 0. The Morgan fingerprint density at radius 2 is 1.25 bits per heavy atom. The number of ether oxygens (including phenoxy) is 2. The normalized spacial score (nSPS) is 32.5. The van der Waals surface area contributed by atoms with E-state index < -0.39 is 10.6 Å². The standard InChI is InChI=1S/C8H6Cl2F2N2O2/c9-7(11)8(10,12)16-6-2-4(14)3(13)1-5(6)15-7/h1-2H,13-14H2. The van der Waals surface area contributed by atoms with E-state index in [1.165, 1.54) is 0 Å². The second-order valence-electron chi connectivity index (χ2n) is 3.17. The summed E-state index contributed by atoms with van der Waals surface area (Å²) in [5, 5.41) is -6.69. The Balaban J connectivity index is 2.52. The molecule has 1 aromatic carbocycles.